The highest BCUT2D eigenvalue weighted by Gasteiger charge is 2.36. The van der Waals surface area contributed by atoms with Crippen LogP contribution in [0.5, 0.6) is 0 Å². The number of nitrogens with one attached hydrogen (secondary N) is 1. The average Bonchev–Trinajstić information content (AvgIpc) is 2.86. The Hall–Kier alpha value is -1.55. The smallest absolute Gasteiger partial charge is 0.311 e. The van der Waals surface area contributed by atoms with E-state index in [0.29, 0.717) is 6.54 Å². The van der Waals surface area contributed by atoms with E-state index < -0.39 is 5.60 Å². The fourth-order valence-corrected chi connectivity index (χ4v) is 2.67. The van der Waals surface area contributed by atoms with Crippen molar-refractivity contribution >= 4 is 11.7 Å². The number of carbonyl (C=O) groups excluding carboxylic acids is 1. The first-order chi connectivity index (χ1) is 9.78. The lowest BCUT2D eigenvalue weighted by molar-refractivity contribution is -0.159. The SMILES string of the molecule is CN(C)c1ccc(C2CNCC2C(=O)OC(C)(C)C)cc1. The minimum Gasteiger partial charge on any atom is -0.460 e. The largest absolute Gasteiger partial charge is 0.460 e. The summed E-state index contributed by atoms with van der Waals surface area (Å²) in [5, 5.41) is 3.31. The van der Waals surface area contributed by atoms with Crippen LogP contribution in [0.2, 0.25) is 0 Å². The van der Waals surface area contributed by atoms with Gasteiger partial charge in [-0.1, -0.05) is 12.1 Å². The van der Waals surface area contributed by atoms with E-state index in [1.807, 2.05) is 34.9 Å². The first kappa shape index (κ1) is 15.8. The number of esters is 1. The molecule has 1 N–H and O–H groups in total. The highest BCUT2D eigenvalue weighted by Crippen LogP contribution is 2.31. The van der Waals surface area contributed by atoms with Crippen molar-refractivity contribution in [1.82, 2.24) is 5.32 Å². The van der Waals surface area contributed by atoms with Gasteiger partial charge in [0.2, 0.25) is 0 Å². The van der Waals surface area contributed by atoms with Crippen molar-refractivity contribution in [2.45, 2.75) is 32.3 Å². The van der Waals surface area contributed by atoms with E-state index in [-0.39, 0.29) is 17.8 Å². The monoisotopic (exact) mass is 290 g/mol. The Morgan fingerprint density at radius 2 is 1.81 bits per heavy atom. The van der Waals surface area contributed by atoms with E-state index in [0.717, 1.165) is 6.54 Å². The summed E-state index contributed by atoms with van der Waals surface area (Å²) in [6.45, 7) is 7.25. The van der Waals surface area contributed by atoms with Crippen LogP contribution in [0.25, 0.3) is 0 Å². The number of anilines is 1. The van der Waals surface area contributed by atoms with Crippen LogP contribution in [0.3, 0.4) is 0 Å². The number of ether oxygens (including phenoxy) is 1. The second-order valence-corrected chi connectivity index (χ2v) is 6.89. The molecule has 0 saturated carbocycles. The second kappa shape index (κ2) is 6.06. The van der Waals surface area contributed by atoms with E-state index in [9.17, 15) is 4.79 Å². The Kier molecular flexibility index (Phi) is 4.57. The molecule has 0 radical (unpaired) electrons. The van der Waals surface area contributed by atoms with Crippen molar-refractivity contribution in [2.75, 3.05) is 32.1 Å². The Morgan fingerprint density at radius 3 is 2.33 bits per heavy atom. The van der Waals surface area contributed by atoms with Crippen LogP contribution in [0.1, 0.15) is 32.3 Å². The first-order valence-electron chi connectivity index (χ1n) is 7.49. The van der Waals surface area contributed by atoms with Crippen LogP contribution in [0, 0.1) is 5.92 Å². The number of nitrogens with zero attached hydrogens (tertiary/aromatic N) is 1. The molecule has 2 atom stereocenters. The highest BCUT2D eigenvalue weighted by molar-refractivity contribution is 5.75. The predicted molar refractivity (Wildman–Crippen MR) is 85.7 cm³/mol. The van der Waals surface area contributed by atoms with Crippen molar-refractivity contribution < 1.29 is 9.53 Å². The molecule has 0 bridgehead atoms. The number of rotatable bonds is 3. The molecule has 1 aliphatic heterocycles. The van der Waals surface area contributed by atoms with Gasteiger partial charge in [-0.05, 0) is 38.5 Å². The van der Waals surface area contributed by atoms with Gasteiger partial charge in [0.1, 0.15) is 5.60 Å². The Balaban J connectivity index is 2.13. The van der Waals surface area contributed by atoms with E-state index in [1.165, 1.54) is 11.3 Å². The third-order valence-corrected chi connectivity index (χ3v) is 3.76. The number of hydrogen-bond acceptors (Lipinski definition) is 4. The first-order valence-corrected chi connectivity index (χ1v) is 7.49. The van der Waals surface area contributed by atoms with Crippen LogP contribution >= 0.6 is 0 Å². The van der Waals surface area contributed by atoms with E-state index >= 15 is 0 Å². The fourth-order valence-electron chi connectivity index (χ4n) is 2.67. The molecule has 4 nitrogen and oxygen atoms in total. The highest BCUT2D eigenvalue weighted by atomic mass is 16.6. The van der Waals surface area contributed by atoms with Crippen LogP contribution in [0.4, 0.5) is 5.69 Å². The maximum atomic E-state index is 12.3. The molecule has 1 aliphatic rings. The molecule has 2 rings (SSSR count). The summed E-state index contributed by atoms with van der Waals surface area (Å²) in [7, 11) is 4.05. The zero-order valence-corrected chi connectivity index (χ0v) is 13.6. The van der Waals surface area contributed by atoms with Gasteiger partial charge in [0, 0.05) is 38.8 Å². The molecule has 1 fully saturated rings. The average molecular weight is 290 g/mol. The molecule has 1 aromatic carbocycles. The van der Waals surface area contributed by atoms with Crippen molar-refractivity contribution in [3.05, 3.63) is 29.8 Å². The van der Waals surface area contributed by atoms with Crippen molar-refractivity contribution in [3.8, 4) is 0 Å². The molecule has 1 aromatic rings. The molecule has 4 heteroatoms. The number of carbonyl (C=O) groups is 1. The summed E-state index contributed by atoms with van der Waals surface area (Å²) >= 11 is 0. The van der Waals surface area contributed by atoms with Crippen LogP contribution in [0.15, 0.2) is 24.3 Å². The van der Waals surface area contributed by atoms with Gasteiger partial charge in [-0.25, -0.2) is 0 Å². The lowest BCUT2D eigenvalue weighted by Crippen LogP contribution is -2.31. The molecule has 1 heterocycles. The van der Waals surface area contributed by atoms with E-state index in [2.05, 4.69) is 34.5 Å². The third-order valence-electron chi connectivity index (χ3n) is 3.76. The molecule has 21 heavy (non-hydrogen) atoms. The zero-order valence-electron chi connectivity index (χ0n) is 13.6. The van der Waals surface area contributed by atoms with Crippen molar-refractivity contribution in [2.24, 2.45) is 5.92 Å². The van der Waals surface area contributed by atoms with Crippen molar-refractivity contribution in [1.29, 1.82) is 0 Å². The summed E-state index contributed by atoms with van der Waals surface area (Å²) in [6, 6.07) is 8.42. The van der Waals surface area contributed by atoms with Gasteiger partial charge in [-0.2, -0.15) is 0 Å². The summed E-state index contributed by atoms with van der Waals surface area (Å²) in [5.74, 6) is -0.0142. The van der Waals surface area contributed by atoms with Gasteiger partial charge in [-0.15, -0.1) is 0 Å². The quantitative estimate of drug-likeness (QED) is 0.868. The van der Waals surface area contributed by atoms with Gasteiger partial charge in [0.25, 0.3) is 0 Å². The van der Waals surface area contributed by atoms with Crippen LogP contribution in [-0.4, -0.2) is 38.8 Å². The third kappa shape index (κ3) is 3.97. The maximum Gasteiger partial charge on any atom is 0.311 e. The Labute approximate surface area is 127 Å². The van der Waals surface area contributed by atoms with Gasteiger partial charge in [0.05, 0.1) is 5.92 Å². The Morgan fingerprint density at radius 1 is 1.19 bits per heavy atom. The summed E-state index contributed by atoms with van der Waals surface area (Å²) < 4.78 is 5.55. The van der Waals surface area contributed by atoms with Gasteiger partial charge < -0.3 is 15.0 Å². The van der Waals surface area contributed by atoms with Crippen molar-refractivity contribution in [3.63, 3.8) is 0 Å². The molecule has 0 amide bonds. The summed E-state index contributed by atoms with van der Waals surface area (Å²) in [6.07, 6.45) is 0. The molecule has 2 unspecified atom stereocenters. The molecular weight excluding hydrogens is 264 g/mol. The van der Waals surface area contributed by atoms with E-state index in [1.54, 1.807) is 0 Å². The molecule has 116 valence electrons. The maximum absolute atomic E-state index is 12.3. The van der Waals surface area contributed by atoms with Crippen LogP contribution in [-0.2, 0) is 9.53 Å². The molecule has 0 aromatic heterocycles. The number of benzene rings is 1. The normalized spacial score (nSPS) is 22.1. The fraction of sp³-hybridized carbons (Fsp3) is 0.588. The zero-order chi connectivity index (χ0) is 15.6. The minimum absolute atomic E-state index is 0.102. The molecule has 0 spiro atoms. The summed E-state index contributed by atoms with van der Waals surface area (Å²) in [4.78, 5) is 14.4. The Bertz CT molecular complexity index is 489. The van der Waals surface area contributed by atoms with Gasteiger partial charge >= 0.3 is 5.97 Å². The van der Waals surface area contributed by atoms with E-state index in [4.69, 9.17) is 4.74 Å². The lowest BCUT2D eigenvalue weighted by atomic mass is 9.88. The van der Waals surface area contributed by atoms with Crippen LogP contribution < -0.4 is 10.2 Å². The lowest BCUT2D eigenvalue weighted by Gasteiger charge is -2.25. The topological polar surface area (TPSA) is 41.6 Å². The molecule has 1 saturated heterocycles. The summed E-state index contributed by atoms with van der Waals surface area (Å²) in [5.41, 5.74) is 1.93. The minimum atomic E-state index is -0.432. The van der Waals surface area contributed by atoms with Gasteiger partial charge in [-0.3, -0.25) is 4.79 Å². The standard InChI is InChI=1S/C17H26N2O2/c1-17(2,3)21-16(20)15-11-18-10-14(15)12-6-8-13(9-7-12)19(4)5/h6-9,14-15,18H,10-11H2,1-5H3. The molecular formula is C17H26N2O2. The predicted octanol–water partition coefficient (Wildman–Crippen LogP) is 2.40. The molecule has 0 aliphatic carbocycles. The number of hydrogen-bond donors (Lipinski definition) is 1. The second-order valence-electron chi connectivity index (χ2n) is 6.89. The van der Waals surface area contributed by atoms with Gasteiger partial charge in [0.15, 0.2) is 0 Å².